The first-order chi connectivity index (χ1) is 28.8. The molecule has 9 fully saturated rings. The Kier molecular flexibility index (Phi) is 11.5. The fourth-order valence-electron chi connectivity index (χ4n) is 15.8. The van der Waals surface area contributed by atoms with Crippen LogP contribution in [0.25, 0.3) is 0 Å². The van der Waals surface area contributed by atoms with Crippen LogP contribution in [0.5, 0.6) is 0 Å². The van der Waals surface area contributed by atoms with Crippen LogP contribution in [0.1, 0.15) is 106 Å². The van der Waals surface area contributed by atoms with E-state index in [9.17, 15) is 51.1 Å². The summed E-state index contributed by atoms with van der Waals surface area (Å²) in [4.78, 5) is 0. The smallest absolute Gasteiger partial charge is 0.186 e. The van der Waals surface area contributed by atoms with Crippen LogP contribution in [0.4, 0.5) is 0 Å². The first kappa shape index (κ1) is 46.4. The number of hydrogen-bond acceptors (Lipinski definition) is 17. The van der Waals surface area contributed by atoms with Gasteiger partial charge in [-0.1, -0.05) is 27.7 Å². The third kappa shape index (κ3) is 6.72. The second-order valence-electron chi connectivity index (χ2n) is 23.0. The van der Waals surface area contributed by atoms with Gasteiger partial charge in [0.05, 0.1) is 55.4 Å². The molecule has 24 atom stereocenters. The average Bonchev–Trinajstić information content (AvgIpc) is 3.56. The second kappa shape index (κ2) is 15.4. The van der Waals surface area contributed by atoms with E-state index in [0.29, 0.717) is 25.7 Å². The van der Waals surface area contributed by atoms with Crippen LogP contribution in [-0.2, 0) is 33.2 Å². The molecule has 17 heteroatoms. The molecule has 0 amide bonds. The van der Waals surface area contributed by atoms with Crippen molar-refractivity contribution in [2.45, 2.75) is 216 Å². The number of aliphatic hydroxyl groups is 10. The minimum atomic E-state index is -1.65. The lowest BCUT2D eigenvalue weighted by atomic mass is 9.41. The Labute approximate surface area is 363 Å². The van der Waals surface area contributed by atoms with Gasteiger partial charge in [0.1, 0.15) is 54.9 Å². The molecule has 4 saturated heterocycles. The van der Waals surface area contributed by atoms with Crippen molar-refractivity contribution in [2.24, 2.45) is 44.8 Å². The van der Waals surface area contributed by atoms with Gasteiger partial charge in [-0.2, -0.15) is 0 Å². The van der Waals surface area contributed by atoms with E-state index in [1.54, 1.807) is 13.8 Å². The van der Waals surface area contributed by atoms with E-state index in [1.807, 2.05) is 0 Å². The fourth-order valence-corrected chi connectivity index (χ4v) is 15.8. The largest absolute Gasteiger partial charge is 0.393 e. The molecule has 0 bridgehead atoms. The molecule has 10 N–H and O–H groups in total. The first-order valence-corrected chi connectivity index (χ1v) is 23.2. The molecule has 9 rings (SSSR count). The van der Waals surface area contributed by atoms with Crippen LogP contribution in [0.2, 0.25) is 0 Å². The maximum absolute atomic E-state index is 12.3. The highest BCUT2D eigenvalue weighted by Crippen LogP contribution is 2.89. The van der Waals surface area contributed by atoms with Crippen molar-refractivity contribution in [3.05, 3.63) is 0 Å². The molecule has 5 saturated carbocycles. The summed E-state index contributed by atoms with van der Waals surface area (Å²) in [6.07, 6.45) is -12.2. The second-order valence-corrected chi connectivity index (χ2v) is 23.0. The third-order valence-corrected chi connectivity index (χ3v) is 18.9. The van der Waals surface area contributed by atoms with Gasteiger partial charge in [-0.25, -0.2) is 0 Å². The van der Waals surface area contributed by atoms with Crippen molar-refractivity contribution in [1.29, 1.82) is 0 Å². The summed E-state index contributed by atoms with van der Waals surface area (Å²) in [5.74, 6) is -0.256. The lowest BCUT2D eigenvalue weighted by Gasteiger charge is -2.65. The molecule has 2 spiro atoms. The highest BCUT2D eigenvalue weighted by Gasteiger charge is 2.85. The number of fused-ring (bicyclic) bond motifs is 2. The van der Waals surface area contributed by atoms with Gasteiger partial charge in [0.25, 0.3) is 0 Å². The third-order valence-electron chi connectivity index (χ3n) is 18.9. The number of ether oxygens (including phenoxy) is 7. The minimum Gasteiger partial charge on any atom is -0.393 e. The summed E-state index contributed by atoms with van der Waals surface area (Å²) in [5.41, 5.74) is -3.33. The Balaban J connectivity index is 1.03. The highest BCUT2D eigenvalue weighted by molar-refractivity contribution is 5.33. The van der Waals surface area contributed by atoms with Crippen molar-refractivity contribution in [2.75, 3.05) is 19.8 Å². The van der Waals surface area contributed by atoms with E-state index in [4.69, 9.17) is 33.2 Å². The van der Waals surface area contributed by atoms with Gasteiger partial charge in [-0.15, -0.1) is 0 Å². The lowest BCUT2D eigenvalue weighted by Crippen LogP contribution is -2.65. The molecule has 9 aliphatic rings. The van der Waals surface area contributed by atoms with Gasteiger partial charge in [0, 0.05) is 5.92 Å². The normalized spacial score (nSPS) is 58.5. The van der Waals surface area contributed by atoms with Gasteiger partial charge >= 0.3 is 0 Å². The summed E-state index contributed by atoms with van der Waals surface area (Å²) in [7, 11) is 0. The average molecular weight is 887 g/mol. The van der Waals surface area contributed by atoms with Crippen molar-refractivity contribution >= 4 is 0 Å². The molecular formula is C45H74O17. The molecular weight excluding hydrogens is 812 g/mol. The Morgan fingerprint density at radius 1 is 0.565 bits per heavy atom. The molecule has 4 heterocycles. The Morgan fingerprint density at radius 3 is 1.74 bits per heavy atom. The van der Waals surface area contributed by atoms with Gasteiger partial charge in [0.15, 0.2) is 18.9 Å². The Hall–Kier alpha value is -0.680. The summed E-state index contributed by atoms with van der Waals surface area (Å²) in [6.45, 7) is 13.8. The fraction of sp³-hybridized carbons (Fsp3) is 1.00. The first-order valence-electron chi connectivity index (χ1n) is 23.2. The molecule has 62 heavy (non-hydrogen) atoms. The van der Waals surface area contributed by atoms with E-state index in [0.717, 1.165) is 32.1 Å². The standard InChI is InChI=1S/C45H74O17/c1-39(2)26(60-38-33(30(52)23(49)18-58-38)61-37-32(54)29(51)22(48)17-57-37)9-11-45-19-44(45)13-12-41(5)34(43(7)10-8-27(62-43)40(3,4)55)20(46)15-42(41,6)25(44)14-24(35(39)45)59-36-31(53)28(50)21(47)16-56-36/h20-38,46-55H,8-19H2,1-7H3/t20-,21+,22+,23+,24-,25-,26-,27-,28-,29+,30-,31+,32-,33+,34-,35-,36-,37-,38-,41+,42-,43+,44-,45+/m0/s1. The zero-order valence-electron chi connectivity index (χ0n) is 37.3. The van der Waals surface area contributed by atoms with Crippen molar-refractivity contribution in [3.8, 4) is 0 Å². The van der Waals surface area contributed by atoms with E-state index in [-0.39, 0.29) is 65.3 Å². The highest BCUT2D eigenvalue weighted by atomic mass is 16.8. The SMILES string of the molecule is CC(C)(O)[C@@H]1CC[C@](C)([C@H]2[C@@H](O)C[C@@]3(C)[C@@H]4C[C@H](O[C@@H]5OC[C@@H](O)[C@H](O)[C@H]5O)[C@H]5C(C)(C)[C@@H](O[C@@H]6OC[C@@H](O)[C@H](O)[C@H]6O[C@@H]6OC[C@@H](O)[C@@H](O)[C@@H]6O)CC[C@@]56C[C@@]46CC[C@]23C)O1. The minimum absolute atomic E-state index is 0.0927. The molecule has 0 aromatic rings. The molecule has 4 aliphatic heterocycles. The van der Waals surface area contributed by atoms with Gasteiger partial charge in [-0.3, -0.25) is 0 Å². The molecule has 356 valence electrons. The zero-order valence-corrected chi connectivity index (χ0v) is 37.3. The molecule has 5 aliphatic carbocycles. The van der Waals surface area contributed by atoms with E-state index in [1.165, 1.54) is 0 Å². The van der Waals surface area contributed by atoms with E-state index >= 15 is 0 Å². The van der Waals surface area contributed by atoms with Crippen molar-refractivity contribution < 1.29 is 84.2 Å². The number of rotatable bonds is 8. The van der Waals surface area contributed by atoms with Crippen molar-refractivity contribution in [1.82, 2.24) is 0 Å². The van der Waals surface area contributed by atoms with E-state index in [2.05, 4.69) is 34.6 Å². The van der Waals surface area contributed by atoms with Crippen LogP contribution in [0.3, 0.4) is 0 Å². The number of aliphatic hydroxyl groups excluding tert-OH is 9. The van der Waals surface area contributed by atoms with Gasteiger partial charge in [-0.05, 0) is 117 Å². The maximum Gasteiger partial charge on any atom is 0.186 e. The zero-order chi connectivity index (χ0) is 44.9. The van der Waals surface area contributed by atoms with Crippen LogP contribution in [0.15, 0.2) is 0 Å². The Morgan fingerprint density at radius 2 is 1.15 bits per heavy atom. The predicted octanol–water partition coefficient (Wildman–Crippen LogP) is -0.173. The maximum atomic E-state index is 12.3. The summed E-state index contributed by atoms with van der Waals surface area (Å²) < 4.78 is 44.0. The topological polar surface area (TPSA) is 267 Å². The number of hydrogen-bond donors (Lipinski definition) is 10. The summed E-state index contributed by atoms with van der Waals surface area (Å²) in [6, 6.07) is 0. The lowest BCUT2D eigenvalue weighted by molar-refractivity contribution is -0.359. The monoisotopic (exact) mass is 886 g/mol. The van der Waals surface area contributed by atoms with Crippen LogP contribution in [0, 0.1) is 44.8 Å². The molecule has 0 aromatic carbocycles. The molecule has 0 radical (unpaired) electrons. The van der Waals surface area contributed by atoms with E-state index < -0.39 is 109 Å². The summed E-state index contributed by atoms with van der Waals surface area (Å²) >= 11 is 0. The molecule has 0 unspecified atom stereocenters. The summed E-state index contributed by atoms with van der Waals surface area (Å²) in [5, 5.41) is 109. The van der Waals surface area contributed by atoms with Crippen molar-refractivity contribution in [3.63, 3.8) is 0 Å². The van der Waals surface area contributed by atoms with Gasteiger partial charge in [0.2, 0.25) is 0 Å². The molecule has 0 aromatic heterocycles. The molecule has 17 nitrogen and oxygen atoms in total. The Bertz CT molecular complexity index is 1660. The van der Waals surface area contributed by atoms with Crippen LogP contribution < -0.4 is 0 Å². The van der Waals surface area contributed by atoms with Crippen LogP contribution in [-0.4, -0.2) is 180 Å². The predicted molar refractivity (Wildman–Crippen MR) is 214 cm³/mol. The quantitative estimate of drug-likeness (QED) is 0.142. The van der Waals surface area contributed by atoms with Crippen LogP contribution >= 0.6 is 0 Å². The van der Waals surface area contributed by atoms with Gasteiger partial charge < -0.3 is 84.2 Å².